The minimum absolute atomic E-state index is 0. The van der Waals surface area contributed by atoms with Crippen LogP contribution in [0.3, 0.4) is 0 Å². The lowest BCUT2D eigenvalue weighted by atomic mass is 10.2. The van der Waals surface area contributed by atoms with Crippen LogP contribution in [0.1, 0.15) is 32.1 Å². The summed E-state index contributed by atoms with van der Waals surface area (Å²) in [7, 11) is 1.79. The van der Waals surface area contributed by atoms with Crippen LogP contribution >= 0.6 is 39.9 Å². The number of anilines is 1. The maximum Gasteiger partial charge on any atom is 0.220 e. The predicted molar refractivity (Wildman–Crippen MR) is 125 cm³/mol. The maximum absolute atomic E-state index is 11.7. The molecule has 1 heterocycles. The summed E-state index contributed by atoms with van der Waals surface area (Å²) in [5.74, 6) is 0.976. The van der Waals surface area contributed by atoms with Gasteiger partial charge in [0.15, 0.2) is 5.96 Å². The molecule has 2 aliphatic rings. The van der Waals surface area contributed by atoms with E-state index in [2.05, 4.69) is 60.0 Å². The molecule has 3 N–H and O–H groups in total. The number of nitrogens with one attached hydrogen (secondary N) is 3. The van der Waals surface area contributed by atoms with Crippen molar-refractivity contribution in [2.45, 2.75) is 44.2 Å². The van der Waals surface area contributed by atoms with Gasteiger partial charge >= 0.3 is 0 Å². The van der Waals surface area contributed by atoms with Crippen molar-refractivity contribution < 1.29 is 4.79 Å². The molecule has 1 amide bonds. The highest BCUT2D eigenvalue weighted by molar-refractivity contribution is 14.0. The smallest absolute Gasteiger partial charge is 0.220 e. The average Bonchev–Trinajstić information content (AvgIpc) is 3.33. The Kier molecular flexibility index (Phi) is 9.14. The van der Waals surface area contributed by atoms with Crippen molar-refractivity contribution in [2.24, 2.45) is 4.99 Å². The molecule has 3 rings (SSSR count). The van der Waals surface area contributed by atoms with Gasteiger partial charge in [-0.2, -0.15) is 0 Å². The van der Waals surface area contributed by atoms with E-state index in [0.717, 1.165) is 55.7 Å². The normalized spacial score (nSPS) is 19.4. The van der Waals surface area contributed by atoms with Crippen LogP contribution in [0.4, 0.5) is 5.69 Å². The minimum atomic E-state index is 0. The lowest BCUT2D eigenvalue weighted by Gasteiger charge is -2.21. The molecule has 0 radical (unpaired) electrons. The van der Waals surface area contributed by atoms with E-state index in [1.165, 1.54) is 5.69 Å². The van der Waals surface area contributed by atoms with Crippen molar-refractivity contribution in [1.29, 1.82) is 0 Å². The topological polar surface area (TPSA) is 68.8 Å². The Morgan fingerprint density at radius 1 is 1.22 bits per heavy atom. The first kappa shape index (κ1) is 22.3. The molecular formula is C19H29BrIN5O. The summed E-state index contributed by atoms with van der Waals surface area (Å²) < 4.78 is 1.13. The molecular weight excluding hydrogens is 521 g/mol. The molecule has 0 bridgehead atoms. The summed E-state index contributed by atoms with van der Waals surface area (Å²) in [6, 6.07) is 9.14. The van der Waals surface area contributed by atoms with Crippen LogP contribution in [0.2, 0.25) is 0 Å². The zero-order chi connectivity index (χ0) is 18.4. The largest absolute Gasteiger partial charge is 0.368 e. The molecule has 6 nitrogen and oxygen atoms in total. The van der Waals surface area contributed by atoms with Gasteiger partial charge in [0, 0.05) is 49.7 Å². The number of para-hydroxylation sites is 1. The number of carbonyl (C=O) groups excluding carboxylic acids is 1. The van der Waals surface area contributed by atoms with E-state index in [0.29, 0.717) is 18.5 Å². The highest BCUT2D eigenvalue weighted by Gasteiger charge is 2.25. The zero-order valence-electron chi connectivity index (χ0n) is 15.7. The Morgan fingerprint density at radius 3 is 2.70 bits per heavy atom. The number of hydrogen-bond acceptors (Lipinski definition) is 3. The number of carbonyl (C=O) groups is 1. The Balaban J connectivity index is 0.00000261. The number of nitrogens with zero attached hydrogens (tertiary/aromatic N) is 2. The van der Waals surface area contributed by atoms with Gasteiger partial charge in [-0.05, 0) is 53.7 Å². The van der Waals surface area contributed by atoms with Gasteiger partial charge in [-0.1, -0.05) is 12.1 Å². The zero-order valence-corrected chi connectivity index (χ0v) is 19.6. The lowest BCUT2D eigenvalue weighted by molar-refractivity contribution is -0.121. The molecule has 1 aromatic rings. The van der Waals surface area contributed by atoms with E-state index in [1.807, 2.05) is 6.07 Å². The minimum Gasteiger partial charge on any atom is -0.368 e. The summed E-state index contributed by atoms with van der Waals surface area (Å²) in [5, 5.41) is 9.83. The third-order valence-electron chi connectivity index (χ3n) is 4.76. The Hall–Kier alpha value is -1.03. The van der Waals surface area contributed by atoms with E-state index in [9.17, 15) is 4.79 Å². The monoisotopic (exact) mass is 549 g/mol. The van der Waals surface area contributed by atoms with Crippen LogP contribution in [-0.4, -0.2) is 50.6 Å². The van der Waals surface area contributed by atoms with E-state index < -0.39 is 0 Å². The average molecular weight is 550 g/mol. The van der Waals surface area contributed by atoms with Crippen molar-refractivity contribution in [3.63, 3.8) is 0 Å². The second-order valence-corrected chi connectivity index (χ2v) is 7.83. The number of aliphatic imine (C=N–C) groups is 1. The van der Waals surface area contributed by atoms with E-state index in [1.54, 1.807) is 7.05 Å². The number of guanidine groups is 1. The molecule has 0 spiro atoms. The quantitative estimate of drug-likeness (QED) is 0.212. The predicted octanol–water partition coefficient (Wildman–Crippen LogP) is 2.87. The molecule has 1 aromatic carbocycles. The Bertz CT molecular complexity index is 653. The van der Waals surface area contributed by atoms with Gasteiger partial charge in [0.25, 0.3) is 0 Å². The number of halogens is 2. The number of benzene rings is 1. The molecule has 8 heteroatoms. The van der Waals surface area contributed by atoms with Crippen molar-refractivity contribution in [1.82, 2.24) is 16.0 Å². The number of rotatable bonds is 7. The Morgan fingerprint density at radius 2 is 2.00 bits per heavy atom. The molecule has 27 heavy (non-hydrogen) atoms. The number of amides is 1. The fraction of sp³-hybridized carbons (Fsp3) is 0.579. The van der Waals surface area contributed by atoms with Crippen molar-refractivity contribution in [2.75, 3.05) is 31.6 Å². The lowest BCUT2D eigenvalue weighted by Crippen LogP contribution is -2.45. The van der Waals surface area contributed by atoms with Crippen LogP contribution in [-0.2, 0) is 4.79 Å². The molecule has 1 saturated carbocycles. The third-order valence-corrected chi connectivity index (χ3v) is 5.43. The summed E-state index contributed by atoms with van der Waals surface area (Å²) in [5.41, 5.74) is 1.24. The SMILES string of the molecule is CN=C(NCCCC(=O)NC1CC1)NC1CCN(c2ccccc2Br)C1.I. The van der Waals surface area contributed by atoms with Gasteiger partial charge in [0.05, 0.1) is 5.69 Å². The first-order valence-electron chi connectivity index (χ1n) is 9.41. The van der Waals surface area contributed by atoms with Crippen molar-refractivity contribution in [3.8, 4) is 0 Å². The summed E-state index contributed by atoms with van der Waals surface area (Å²) in [4.78, 5) is 18.4. The van der Waals surface area contributed by atoms with Gasteiger partial charge in [0.1, 0.15) is 0 Å². The van der Waals surface area contributed by atoms with Crippen molar-refractivity contribution >= 4 is 57.5 Å². The molecule has 1 unspecified atom stereocenters. The fourth-order valence-electron chi connectivity index (χ4n) is 3.18. The standard InChI is InChI=1S/C19H28BrN5O.HI/c1-21-19(22-11-4-7-18(26)23-14-8-9-14)24-15-10-12-25(13-15)17-6-3-2-5-16(17)20;/h2-3,5-6,14-15H,4,7-13H2,1H3,(H,23,26)(H2,21,22,24);1H. The molecule has 0 aromatic heterocycles. The summed E-state index contributed by atoms with van der Waals surface area (Å²) in [6.45, 7) is 2.73. The first-order valence-corrected chi connectivity index (χ1v) is 10.2. The van der Waals surface area contributed by atoms with E-state index >= 15 is 0 Å². The van der Waals surface area contributed by atoms with Gasteiger partial charge in [-0.15, -0.1) is 24.0 Å². The highest BCUT2D eigenvalue weighted by Crippen LogP contribution is 2.28. The van der Waals surface area contributed by atoms with Crippen LogP contribution in [0.5, 0.6) is 0 Å². The molecule has 150 valence electrons. The van der Waals surface area contributed by atoms with Gasteiger partial charge in [-0.25, -0.2) is 0 Å². The summed E-state index contributed by atoms with van der Waals surface area (Å²) in [6.07, 6.45) is 4.73. The molecule has 2 fully saturated rings. The second kappa shape index (κ2) is 11.1. The first-order chi connectivity index (χ1) is 12.7. The fourth-order valence-corrected chi connectivity index (χ4v) is 3.71. The van der Waals surface area contributed by atoms with Crippen LogP contribution in [0, 0.1) is 0 Å². The number of hydrogen-bond donors (Lipinski definition) is 3. The van der Waals surface area contributed by atoms with Crippen LogP contribution in [0.25, 0.3) is 0 Å². The molecule has 1 aliphatic heterocycles. The molecule has 1 aliphatic carbocycles. The van der Waals surface area contributed by atoms with Gasteiger partial charge < -0.3 is 20.9 Å². The van der Waals surface area contributed by atoms with Crippen LogP contribution < -0.4 is 20.9 Å². The Labute approximate surface area is 187 Å². The van der Waals surface area contributed by atoms with E-state index in [-0.39, 0.29) is 29.9 Å². The van der Waals surface area contributed by atoms with Crippen molar-refractivity contribution in [3.05, 3.63) is 28.7 Å². The second-order valence-electron chi connectivity index (χ2n) is 6.97. The van der Waals surface area contributed by atoms with E-state index in [4.69, 9.17) is 0 Å². The summed E-state index contributed by atoms with van der Waals surface area (Å²) >= 11 is 3.63. The molecule has 1 atom stereocenters. The van der Waals surface area contributed by atoms with Crippen LogP contribution in [0.15, 0.2) is 33.7 Å². The maximum atomic E-state index is 11.7. The molecule has 1 saturated heterocycles. The van der Waals surface area contributed by atoms with Gasteiger partial charge in [-0.3, -0.25) is 9.79 Å². The van der Waals surface area contributed by atoms with Gasteiger partial charge in [0.2, 0.25) is 5.91 Å². The third kappa shape index (κ3) is 7.14. The highest BCUT2D eigenvalue weighted by atomic mass is 127.